The zero-order valence-corrected chi connectivity index (χ0v) is 14.0. The molecule has 0 radical (unpaired) electrons. The average Bonchev–Trinajstić information content (AvgIpc) is 2.90. The van der Waals surface area contributed by atoms with Gasteiger partial charge in [-0.3, -0.25) is 4.68 Å². The maximum atomic E-state index is 5.21. The topological polar surface area (TPSA) is 64.9 Å². The first-order chi connectivity index (χ1) is 9.71. The number of hydrogen-bond donors (Lipinski definition) is 1. The first-order valence-corrected chi connectivity index (χ1v) is 7.54. The maximum Gasteiger partial charge on any atom is 0.180 e. The van der Waals surface area contributed by atoms with Gasteiger partial charge in [0.2, 0.25) is 0 Å². The van der Waals surface area contributed by atoms with E-state index in [0.717, 1.165) is 33.7 Å². The zero-order valence-electron chi connectivity index (χ0n) is 11.9. The molecule has 0 saturated carbocycles. The number of methoxy groups -OCH3 is 1. The Balaban J connectivity index is 2.50. The molecule has 2 heterocycles. The monoisotopic (exact) mass is 387 g/mol. The van der Waals surface area contributed by atoms with Gasteiger partial charge in [-0.1, -0.05) is 6.92 Å². The van der Waals surface area contributed by atoms with Gasteiger partial charge < -0.3 is 10.1 Å². The second-order valence-corrected chi connectivity index (χ2v) is 5.36. The fraction of sp³-hybridized carbons (Fsp3) is 0.462. The van der Waals surface area contributed by atoms with Crippen molar-refractivity contribution in [2.24, 2.45) is 0 Å². The molecule has 0 bridgehead atoms. The Labute approximate surface area is 132 Å². The van der Waals surface area contributed by atoms with Crippen LogP contribution in [-0.4, -0.2) is 33.9 Å². The lowest BCUT2D eigenvalue weighted by Gasteiger charge is -2.11. The van der Waals surface area contributed by atoms with Gasteiger partial charge in [0.1, 0.15) is 11.5 Å². The Morgan fingerprint density at radius 3 is 2.85 bits per heavy atom. The molecule has 0 aliphatic carbocycles. The molecule has 0 aromatic carbocycles. The first-order valence-electron chi connectivity index (χ1n) is 6.46. The van der Waals surface area contributed by atoms with Crippen molar-refractivity contribution in [1.29, 1.82) is 0 Å². The molecular formula is C13H18IN5O. The molecule has 0 fully saturated rings. The van der Waals surface area contributed by atoms with Gasteiger partial charge in [0, 0.05) is 26.9 Å². The number of aromatic nitrogens is 4. The van der Waals surface area contributed by atoms with Gasteiger partial charge in [-0.05, 0) is 35.1 Å². The molecule has 0 atom stereocenters. The van der Waals surface area contributed by atoms with Crippen molar-refractivity contribution in [3.05, 3.63) is 21.5 Å². The van der Waals surface area contributed by atoms with E-state index in [1.54, 1.807) is 13.3 Å². The molecule has 108 valence electrons. The average molecular weight is 387 g/mol. The summed E-state index contributed by atoms with van der Waals surface area (Å²) in [6.07, 6.45) is 2.80. The predicted molar refractivity (Wildman–Crippen MR) is 86.5 cm³/mol. The van der Waals surface area contributed by atoms with Crippen LogP contribution in [0.5, 0.6) is 0 Å². The summed E-state index contributed by atoms with van der Waals surface area (Å²) in [6.45, 7) is 3.44. The molecule has 2 aromatic rings. The quantitative estimate of drug-likeness (QED) is 0.772. The SMILES string of the molecule is CCCn1nccc1-c1nc(COC)c(I)c(NC)n1. The summed E-state index contributed by atoms with van der Waals surface area (Å²) < 4.78 is 8.13. The lowest BCUT2D eigenvalue weighted by atomic mass is 10.3. The summed E-state index contributed by atoms with van der Waals surface area (Å²) in [4.78, 5) is 9.18. The molecule has 0 amide bonds. The molecule has 0 aliphatic heterocycles. The van der Waals surface area contributed by atoms with Crippen molar-refractivity contribution in [3.8, 4) is 11.5 Å². The summed E-state index contributed by atoms with van der Waals surface area (Å²) in [5.41, 5.74) is 1.81. The van der Waals surface area contributed by atoms with E-state index in [4.69, 9.17) is 4.74 Å². The number of hydrogen-bond acceptors (Lipinski definition) is 5. The summed E-state index contributed by atoms with van der Waals surface area (Å²) in [5, 5.41) is 7.42. The maximum absolute atomic E-state index is 5.21. The number of halogens is 1. The van der Waals surface area contributed by atoms with Gasteiger partial charge in [0.15, 0.2) is 5.82 Å². The second kappa shape index (κ2) is 6.98. The van der Waals surface area contributed by atoms with Crippen LogP contribution in [0, 0.1) is 3.57 Å². The molecule has 7 heteroatoms. The summed E-state index contributed by atoms with van der Waals surface area (Å²) in [7, 11) is 3.52. The van der Waals surface area contributed by atoms with Crippen molar-refractivity contribution in [1.82, 2.24) is 19.7 Å². The van der Waals surface area contributed by atoms with Crippen LogP contribution < -0.4 is 5.32 Å². The van der Waals surface area contributed by atoms with Gasteiger partial charge in [-0.2, -0.15) is 5.10 Å². The van der Waals surface area contributed by atoms with E-state index in [1.807, 2.05) is 17.8 Å². The van der Waals surface area contributed by atoms with Crippen LogP contribution in [-0.2, 0) is 17.9 Å². The number of nitrogens with zero attached hydrogens (tertiary/aromatic N) is 4. The number of aryl methyl sites for hydroxylation is 1. The first kappa shape index (κ1) is 15.2. The molecule has 6 nitrogen and oxygen atoms in total. The molecule has 0 saturated heterocycles. The van der Waals surface area contributed by atoms with Crippen LogP contribution in [0.2, 0.25) is 0 Å². The molecular weight excluding hydrogens is 369 g/mol. The third-order valence-electron chi connectivity index (χ3n) is 2.82. The van der Waals surface area contributed by atoms with Crippen LogP contribution >= 0.6 is 22.6 Å². The van der Waals surface area contributed by atoms with Gasteiger partial charge in [-0.15, -0.1) is 0 Å². The van der Waals surface area contributed by atoms with Crippen LogP contribution in [0.25, 0.3) is 11.5 Å². The van der Waals surface area contributed by atoms with Crippen LogP contribution in [0.4, 0.5) is 5.82 Å². The van der Waals surface area contributed by atoms with E-state index in [1.165, 1.54) is 0 Å². The van der Waals surface area contributed by atoms with Crippen molar-refractivity contribution in [2.45, 2.75) is 26.5 Å². The molecule has 2 rings (SSSR count). The van der Waals surface area contributed by atoms with E-state index < -0.39 is 0 Å². The third kappa shape index (κ3) is 3.09. The van der Waals surface area contributed by atoms with Gasteiger partial charge in [0.05, 0.1) is 15.9 Å². The summed E-state index contributed by atoms with van der Waals surface area (Å²) >= 11 is 2.23. The minimum Gasteiger partial charge on any atom is -0.378 e. The Morgan fingerprint density at radius 2 is 2.20 bits per heavy atom. The third-order valence-corrected chi connectivity index (χ3v) is 3.95. The van der Waals surface area contributed by atoms with Crippen LogP contribution in [0.1, 0.15) is 19.0 Å². The number of nitrogens with one attached hydrogen (secondary N) is 1. The highest BCUT2D eigenvalue weighted by atomic mass is 127. The van der Waals surface area contributed by atoms with Gasteiger partial charge in [0.25, 0.3) is 0 Å². The Kier molecular flexibility index (Phi) is 5.30. The fourth-order valence-electron chi connectivity index (χ4n) is 1.92. The van der Waals surface area contributed by atoms with E-state index in [0.29, 0.717) is 12.4 Å². The molecule has 0 spiro atoms. The lowest BCUT2D eigenvalue weighted by molar-refractivity contribution is 0.181. The molecule has 0 unspecified atom stereocenters. The lowest BCUT2D eigenvalue weighted by Crippen LogP contribution is -2.09. The normalized spacial score (nSPS) is 10.8. The van der Waals surface area contributed by atoms with Crippen molar-refractivity contribution >= 4 is 28.4 Å². The van der Waals surface area contributed by atoms with Gasteiger partial charge in [-0.25, -0.2) is 9.97 Å². The van der Waals surface area contributed by atoms with Crippen LogP contribution in [0.3, 0.4) is 0 Å². The number of ether oxygens (including phenoxy) is 1. The highest BCUT2D eigenvalue weighted by Crippen LogP contribution is 2.24. The smallest absolute Gasteiger partial charge is 0.180 e. The summed E-state index contributed by atoms with van der Waals surface area (Å²) in [5.74, 6) is 1.49. The van der Waals surface area contributed by atoms with Crippen molar-refractivity contribution in [2.75, 3.05) is 19.5 Å². The van der Waals surface area contributed by atoms with E-state index in [2.05, 4.69) is 49.9 Å². The van der Waals surface area contributed by atoms with Gasteiger partial charge >= 0.3 is 0 Å². The van der Waals surface area contributed by atoms with Crippen LogP contribution in [0.15, 0.2) is 12.3 Å². The molecule has 20 heavy (non-hydrogen) atoms. The van der Waals surface area contributed by atoms with E-state index in [9.17, 15) is 0 Å². The number of anilines is 1. The molecule has 0 aliphatic rings. The Bertz CT molecular complexity index is 584. The van der Waals surface area contributed by atoms with Crippen molar-refractivity contribution in [3.63, 3.8) is 0 Å². The Morgan fingerprint density at radius 1 is 1.40 bits per heavy atom. The second-order valence-electron chi connectivity index (χ2n) is 4.28. The number of rotatable bonds is 6. The highest BCUT2D eigenvalue weighted by molar-refractivity contribution is 14.1. The Hall–Kier alpha value is -1.22. The molecule has 2 aromatic heterocycles. The van der Waals surface area contributed by atoms with E-state index >= 15 is 0 Å². The standard InChI is InChI=1S/C13H18IN5O/c1-4-7-19-10(5-6-16-19)12-17-9(8-20-3)11(14)13(15-2)18-12/h5-6H,4,7-8H2,1-3H3,(H,15,17,18). The van der Waals surface area contributed by atoms with Crippen molar-refractivity contribution < 1.29 is 4.74 Å². The minimum atomic E-state index is 0.463. The fourth-order valence-corrected chi connectivity index (χ4v) is 2.59. The van der Waals surface area contributed by atoms with E-state index in [-0.39, 0.29) is 0 Å². The minimum absolute atomic E-state index is 0.463. The predicted octanol–water partition coefficient (Wildman–Crippen LogP) is 2.54. The zero-order chi connectivity index (χ0) is 14.5. The largest absolute Gasteiger partial charge is 0.378 e. The summed E-state index contributed by atoms with van der Waals surface area (Å²) in [6, 6.07) is 1.94. The highest BCUT2D eigenvalue weighted by Gasteiger charge is 2.15. The molecule has 1 N–H and O–H groups in total.